The number of ether oxygens (including phenoxy) is 1. The second-order valence-electron chi connectivity index (χ2n) is 9.02. The highest BCUT2D eigenvalue weighted by molar-refractivity contribution is 7.71. The highest BCUT2D eigenvalue weighted by atomic mass is 35.5. The number of nitrogens with zero attached hydrogens (tertiary/aromatic N) is 4. The van der Waals surface area contributed by atoms with Gasteiger partial charge in [0.1, 0.15) is 5.75 Å². The fourth-order valence-electron chi connectivity index (χ4n) is 3.72. The van der Waals surface area contributed by atoms with Crippen LogP contribution in [0.4, 0.5) is 5.69 Å². The molecule has 3 aromatic rings. The number of hydrogen-bond acceptors (Lipinski definition) is 6. The Bertz CT molecular complexity index is 1100. The molecule has 1 fully saturated rings. The Morgan fingerprint density at radius 3 is 2.38 bits per heavy atom. The Labute approximate surface area is 199 Å². The van der Waals surface area contributed by atoms with Crippen molar-refractivity contribution in [3.8, 4) is 5.75 Å². The molecule has 1 aliphatic rings. The van der Waals surface area contributed by atoms with E-state index in [1.54, 1.807) is 4.68 Å². The van der Waals surface area contributed by atoms with Gasteiger partial charge in [-0.05, 0) is 47.5 Å². The van der Waals surface area contributed by atoms with Crippen molar-refractivity contribution in [2.45, 2.75) is 39.5 Å². The monoisotopic (exact) mass is 472 g/mol. The minimum Gasteiger partial charge on any atom is -0.484 e. The standard InChI is InChI=1S/C24H29ClN4O2S/c1-24(2,3)18-8-10-19(11-9-18)30-16-22-26-29(23(32)31-22)17-27-12-14-28(15-13-27)21-7-5-4-6-20(21)25/h4-11H,12-17H2,1-3H3. The summed E-state index contributed by atoms with van der Waals surface area (Å²) in [5.41, 5.74) is 2.46. The van der Waals surface area contributed by atoms with Gasteiger partial charge < -0.3 is 14.1 Å². The maximum absolute atomic E-state index is 6.34. The first-order valence-corrected chi connectivity index (χ1v) is 11.6. The molecule has 0 aliphatic carbocycles. The number of aromatic nitrogens is 2. The molecule has 1 saturated heterocycles. The van der Waals surface area contributed by atoms with Crippen LogP contribution in [-0.4, -0.2) is 40.9 Å². The van der Waals surface area contributed by atoms with Crippen molar-refractivity contribution in [2.24, 2.45) is 0 Å². The maximum Gasteiger partial charge on any atom is 0.288 e. The van der Waals surface area contributed by atoms with Crippen LogP contribution < -0.4 is 9.64 Å². The van der Waals surface area contributed by atoms with Crippen molar-refractivity contribution in [1.82, 2.24) is 14.7 Å². The molecule has 6 nitrogen and oxygen atoms in total. The fourth-order valence-corrected chi connectivity index (χ4v) is 4.17. The number of piperazine rings is 1. The van der Waals surface area contributed by atoms with Crippen LogP contribution in [0.2, 0.25) is 5.02 Å². The van der Waals surface area contributed by atoms with E-state index < -0.39 is 0 Å². The number of benzene rings is 2. The van der Waals surface area contributed by atoms with E-state index in [0.717, 1.165) is 42.6 Å². The van der Waals surface area contributed by atoms with Crippen LogP contribution in [0, 0.1) is 4.84 Å². The summed E-state index contributed by atoms with van der Waals surface area (Å²) in [7, 11) is 0. The van der Waals surface area contributed by atoms with Gasteiger partial charge >= 0.3 is 0 Å². The zero-order chi connectivity index (χ0) is 22.7. The number of anilines is 1. The van der Waals surface area contributed by atoms with Crippen molar-refractivity contribution in [1.29, 1.82) is 0 Å². The Balaban J connectivity index is 1.30. The van der Waals surface area contributed by atoms with Gasteiger partial charge in [-0.2, -0.15) is 0 Å². The van der Waals surface area contributed by atoms with Gasteiger partial charge in [-0.1, -0.05) is 56.6 Å². The summed E-state index contributed by atoms with van der Waals surface area (Å²) in [6, 6.07) is 16.1. The molecule has 0 N–H and O–H groups in total. The molecule has 0 amide bonds. The van der Waals surface area contributed by atoms with Gasteiger partial charge in [-0.15, -0.1) is 5.10 Å². The minimum atomic E-state index is 0.114. The van der Waals surface area contributed by atoms with Crippen molar-refractivity contribution in [3.63, 3.8) is 0 Å². The molecule has 4 rings (SSSR count). The summed E-state index contributed by atoms with van der Waals surface area (Å²) >= 11 is 11.7. The zero-order valence-corrected chi connectivity index (χ0v) is 20.3. The quantitative estimate of drug-likeness (QED) is 0.440. The molecule has 2 heterocycles. The Morgan fingerprint density at radius 1 is 1.03 bits per heavy atom. The molecule has 0 bridgehead atoms. The van der Waals surface area contributed by atoms with Gasteiger partial charge in [-0.25, -0.2) is 4.68 Å². The predicted octanol–water partition coefficient (Wildman–Crippen LogP) is 5.52. The number of hydrogen-bond donors (Lipinski definition) is 0. The minimum absolute atomic E-state index is 0.114. The third kappa shape index (κ3) is 5.52. The molecule has 32 heavy (non-hydrogen) atoms. The lowest BCUT2D eigenvalue weighted by atomic mass is 9.87. The average molecular weight is 473 g/mol. The summed E-state index contributed by atoms with van der Waals surface area (Å²) < 4.78 is 13.2. The summed E-state index contributed by atoms with van der Waals surface area (Å²) in [4.78, 5) is 4.98. The SMILES string of the molecule is CC(C)(C)c1ccc(OCc2nn(CN3CCN(c4ccccc4Cl)CC3)c(=S)o2)cc1. The van der Waals surface area contributed by atoms with E-state index in [9.17, 15) is 0 Å². The van der Waals surface area contributed by atoms with Crippen LogP contribution >= 0.6 is 23.8 Å². The fraction of sp³-hybridized carbons (Fsp3) is 0.417. The molecule has 1 aliphatic heterocycles. The topological polar surface area (TPSA) is 46.7 Å². The molecule has 1 aromatic heterocycles. The van der Waals surface area contributed by atoms with Crippen molar-refractivity contribution < 1.29 is 9.15 Å². The molecule has 8 heteroatoms. The molecule has 0 spiro atoms. The summed E-state index contributed by atoms with van der Waals surface area (Å²) in [6.45, 7) is 11.0. The predicted molar refractivity (Wildman–Crippen MR) is 130 cm³/mol. The highest BCUT2D eigenvalue weighted by Crippen LogP contribution is 2.26. The van der Waals surface area contributed by atoms with E-state index in [-0.39, 0.29) is 12.0 Å². The van der Waals surface area contributed by atoms with Crippen LogP contribution in [0.3, 0.4) is 0 Å². The third-order valence-corrected chi connectivity index (χ3v) is 6.24. The van der Waals surface area contributed by atoms with E-state index >= 15 is 0 Å². The van der Waals surface area contributed by atoms with Gasteiger partial charge in [0.15, 0.2) is 6.61 Å². The molecule has 0 unspecified atom stereocenters. The van der Waals surface area contributed by atoms with Gasteiger partial charge in [0, 0.05) is 26.2 Å². The summed E-state index contributed by atoms with van der Waals surface area (Å²) in [5, 5.41) is 5.30. The van der Waals surface area contributed by atoms with E-state index in [4.69, 9.17) is 33.0 Å². The molecule has 0 radical (unpaired) electrons. The van der Waals surface area contributed by atoms with Gasteiger partial charge in [0.2, 0.25) is 0 Å². The third-order valence-electron chi connectivity index (χ3n) is 5.63. The molecule has 0 saturated carbocycles. The van der Waals surface area contributed by atoms with Crippen molar-refractivity contribution in [3.05, 3.63) is 69.8 Å². The van der Waals surface area contributed by atoms with Crippen molar-refractivity contribution in [2.75, 3.05) is 31.1 Å². The second kappa shape index (κ2) is 9.65. The van der Waals surface area contributed by atoms with Crippen LogP contribution in [0.5, 0.6) is 5.75 Å². The zero-order valence-electron chi connectivity index (χ0n) is 18.8. The Hall–Kier alpha value is -2.35. The largest absolute Gasteiger partial charge is 0.484 e. The van der Waals surface area contributed by atoms with E-state index in [1.165, 1.54) is 5.56 Å². The molecule has 0 atom stereocenters. The molecular weight excluding hydrogens is 444 g/mol. The maximum atomic E-state index is 6.34. The van der Waals surface area contributed by atoms with Crippen LogP contribution in [0.15, 0.2) is 52.9 Å². The Kier molecular flexibility index (Phi) is 6.88. The molecule has 2 aromatic carbocycles. The van der Waals surface area contributed by atoms with Crippen LogP contribution in [0.25, 0.3) is 0 Å². The lowest BCUT2D eigenvalue weighted by Gasteiger charge is -2.36. The lowest BCUT2D eigenvalue weighted by Crippen LogP contribution is -2.47. The number of halogens is 1. The number of para-hydroxylation sites is 1. The van der Waals surface area contributed by atoms with Crippen LogP contribution in [-0.2, 0) is 18.7 Å². The van der Waals surface area contributed by atoms with E-state index in [1.807, 2.05) is 30.3 Å². The van der Waals surface area contributed by atoms with Gasteiger partial charge in [-0.3, -0.25) is 4.90 Å². The average Bonchev–Trinajstić information content (AvgIpc) is 3.12. The van der Waals surface area contributed by atoms with E-state index in [0.29, 0.717) is 17.4 Å². The van der Waals surface area contributed by atoms with Gasteiger partial charge in [0.25, 0.3) is 10.7 Å². The van der Waals surface area contributed by atoms with Crippen molar-refractivity contribution >= 4 is 29.5 Å². The number of rotatable bonds is 6. The first-order valence-electron chi connectivity index (χ1n) is 10.8. The van der Waals surface area contributed by atoms with Gasteiger partial charge in [0.05, 0.1) is 17.4 Å². The first kappa shape index (κ1) is 22.8. The first-order chi connectivity index (χ1) is 15.3. The normalized spacial score (nSPS) is 15.2. The summed E-state index contributed by atoms with van der Waals surface area (Å²) in [5.74, 6) is 1.26. The van der Waals surface area contributed by atoms with Crippen LogP contribution in [0.1, 0.15) is 32.2 Å². The lowest BCUT2D eigenvalue weighted by molar-refractivity contribution is 0.192. The van der Waals surface area contributed by atoms with E-state index in [2.05, 4.69) is 53.9 Å². The Morgan fingerprint density at radius 2 is 1.72 bits per heavy atom. The smallest absolute Gasteiger partial charge is 0.288 e. The highest BCUT2D eigenvalue weighted by Gasteiger charge is 2.20. The molecule has 170 valence electrons. The molecular formula is C24H29ClN4O2S. The second-order valence-corrected chi connectivity index (χ2v) is 9.78. The summed E-state index contributed by atoms with van der Waals surface area (Å²) in [6.07, 6.45) is 0.